The molecule has 0 spiro atoms. The van der Waals surface area contributed by atoms with Crippen LogP contribution in [0.25, 0.3) is 11.0 Å². The largest absolute Gasteiger partial charge is 0.475 e. The van der Waals surface area contributed by atoms with E-state index in [1.807, 2.05) is 30.3 Å². The summed E-state index contributed by atoms with van der Waals surface area (Å²) in [7, 11) is 0. The number of furan rings is 1. The number of fused-ring (bicyclic) bond motifs is 1. The Labute approximate surface area is 281 Å². The fourth-order valence-corrected chi connectivity index (χ4v) is 6.93. The number of hydrogen-bond donors (Lipinski definition) is 4. The van der Waals surface area contributed by atoms with Crippen LogP contribution in [0, 0.1) is 11.8 Å². The molecule has 3 heterocycles. The average Bonchev–Trinajstić information content (AvgIpc) is 3.72. The highest BCUT2D eigenvalue weighted by atomic mass is 35.5. The van der Waals surface area contributed by atoms with Gasteiger partial charge >= 0.3 is 5.97 Å². The minimum Gasteiger partial charge on any atom is -0.475 e. The number of carboxylic acid groups (broad SMARTS) is 1. The second-order valence-electron chi connectivity index (χ2n) is 13.2. The molecule has 0 bridgehead atoms. The van der Waals surface area contributed by atoms with Crippen LogP contribution in [-0.2, 0) is 20.7 Å². The number of hydrogen-bond acceptors (Lipinski definition) is 7. The molecule has 1 saturated carbocycles. The molecule has 6 rings (SSSR count). The Bertz CT molecular complexity index is 1480. The van der Waals surface area contributed by atoms with Crippen LogP contribution >= 0.6 is 11.6 Å². The van der Waals surface area contributed by atoms with Crippen LogP contribution in [0.1, 0.15) is 67.5 Å². The van der Waals surface area contributed by atoms with Gasteiger partial charge in [-0.15, -0.1) is 0 Å². The van der Waals surface area contributed by atoms with Gasteiger partial charge in [0, 0.05) is 43.1 Å². The Morgan fingerprint density at radius 1 is 0.979 bits per heavy atom. The summed E-state index contributed by atoms with van der Waals surface area (Å²) < 4.78 is 10.5. The zero-order valence-electron chi connectivity index (χ0n) is 26.9. The number of amides is 2. The Morgan fingerprint density at radius 3 is 2.36 bits per heavy atom. The molecule has 2 aliphatic heterocycles. The van der Waals surface area contributed by atoms with E-state index in [1.54, 1.807) is 18.2 Å². The number of nitrogens with one attached hydrogen (secondary N) is 2. The molecule has 1 aromatic heterocycles. The molecule has 2 saturated heterocycles. The van der Waals surface area contributed by atoms with E-state index >= 15 is 0 Å². The van der Waals surface area contributed by atoms with Gasteiger partial charge in [0.05, 0.1) is 5.54 Å². The van der Waals surface area contributed by atoms with E-state index in [1.165, 1.54) is 25.5 Å². The zero-order valence-corrected chi connectivity index (χ0v) is 27.7. The van der Waals surface area contributed by atoms with Gasteiger partial charge in [0.25, 0.3) is 0 Å². The number of carbonyl (C=O) groups is 3. The molecule has 1 atom stereocenters. The maximum Gasteiger partial charge on any atom is 0.371 e. The van der Waals surface area contributed by atoms with Crippen LogP contribution in [0.5, 0.6) is 0 Å². The van der Waals surface area contributed by atoms with Crippen molar-refractivity contribution in [1.29, 1.82) is 0 Å². The van der Waals surface area contributed by atoms with Gasteiger partial charge in [-0.25, -0.2) is 4.79 Å². The monoisotopic (exact) mass is 666 g/mol. The van der Waals surface area contributed by atoms with Crippen molar-refractivity contribution in [3.05, 3.63) is 70.9 Å². The highest BCUT2D eigenvalue weighted by Gasteiger charge is 2.39. The lowest BCUT2D eigenvalue weighted by molar-refractivity contribution is -0.132. The van der Waals surface area contributed by atoms with E-state index in [2.05, 4.69) is 15.5 Å². The molecule has 2 aromatic carbocycles. The lowest BCUT2D eigenvalue weighted by Gasteiger charge is -2.35. The van der Waals surface area contributed by atoms with Crippen LogP contribution in [0.3, 0.4) is 0 Å². The Balaban J connectivity index is 0.000000277. The summed E-state index contributed by atoms with van der Waals surface area (Å²) >= 11 is 5.72. The fraction of sp³-hybridized carbons (Fsp3) is 0.528. The molecule has 0 unspecified atom stereocenters. The molecule has 5 N–H and O–H groups in total. The molecular formula is C36H47ClN4O6. The summed E-state index contributed by atoms with van der Waals surface area (Å²) in [6, 6.07) is 15.7. The number of carboxylic acids is 1. The van der Waals surface area contributed by atoms with E-state index in [0.29, 0.717) is 47.7 Å². The van der Waals surface area contributed by atoms with Crippen LogP contribution in [-0.4, -0.2) is 78.8 Å². The molecular weight excluding hydrogens is 620 g/mol. The highest BCUT2D eigenvalue weighted by molar-refractivity contribution is 6.31. The first-order chi connectivity index (χ1) is 22.7. The minimum absolute atomic E-state index is 0.0720. The maximum atomic E-state index is 13.2. The predicted molar refractivity (Wildman–Crippen MR) is 181 cm³/mol. The van der Waals surface area contributed by atoms with Gasteiger partial charge < -0.3 is 35.5 Å². The van der Waals surface area contributed by atoms with Crippen molar-refractivity contribution in [2.24, 2.45) is 17.6 Å². The number of likely N-dealkylation sites (tertiary alicyclic amines) is 1. The number of aromatic carboxylic acids is 1. The first-order valence-corrected chi connectivity index (χ1v) is 17.2. The molecule has 3 aliphatic rings. The lowest BCUT2D eigenvalue weighted by atomic mass is 9.93. The molecule has 10 nitrogen and oxygen atoms in total. The highest BCUT2D eigenvalue weighted by Crippen LogP contribution is 2.28. The molecule has 47 heavy (non-hydrogen) atoms. The van der Waals surface area contributed by atoms with Gasteiger partial charge in [-0.1, -0.05) is 54.8 Å². The van der Waals surface area contributed by atoms with Crippen molar-refractivity contribution >= 4 is 40.4 Å². The van der Waals surface area contributed by atoms with Crippen molar-refractivity contribution in [3.8, 4) is 0 Å². The quantitative estimate of drug-likeness (QED) is 0.236. The van der Waals surface area contributed by atoms with Crippen LogP contribution in [0.15, 0.2) is 59.0 Å². The third-order valence-electron chi connectivity index (χ3n) is 9.67. The summed E-state index contributed by atoms with van der Waals surface area (Å²) in [5.74, 6) is -0.202. The Hall–Kier alpha value is -3.44. The van der Waals surface area contributed by atoms with Gasteiger partial charge in [-0.05, 0) is 93.3 Å². The predicted octanol–water partition coefficient (Wildman–Crippen LogP) is 5.02. The molecule has 3 aromatic rings. The first kappa shape index (κ1) is 34.9. The van der Waals surface area contributed by atoms with Gasteiger partial charge in [0.2, 0.25) is 17.6 Å². The van der Waals surface area contributed by atoms with Crippen molar-refractivity contribution in [1.82, 2.24) is 15.5 Å². The van der Waals surface area contributed by atoms with E-state index in [0.717, 1.165) is 63.5 Å². The number of benzene rings is 2. The van der Waals surface area contributed by atoms with Crippen LogP contribution in [0.2, 0.25) is 5.02 Å². The Kier molecular flexibility index (Phi) is 12.3. The van der Waals surface area contributed by atoms with Crippen molar-refractivity contribution in [2.45, 2.75) is 69.4 Å². The number of piperidine rings is 1. The van der Waals surface area contributed by atoms with Crippen molar-refractivity contribution in [2.75, 3.05) is 39.4 Å². The summed E-state index contributed by atoms with van der Waals surface area (Å²) in [6.45, 7) is 5.83. The van der Waals surface area contributed by atoms with Crippen LogP contribution in [0.4, 0.5) is 0 Å². The number of nitrogens with zero attached hydrogens (tertiary/aromatic N) is 1. The topological polar surface area (TPSA) is 147 Å². The Morgan fingerprint density at radius 2 is 1.68 bits per heavy atom. The average molecular weight is 667 g/mol. The summed E-state index contributed by atoms with van der Waals surface area (Å²) in [5.41, 5.74) is 7.08. The zero-order chi connectivity index (χ0) is 33.2. The van der Waals surface area contributed by atoms with Gasteiger partial charge in [-0.2, -0.15) is 0 Å². The van der Waals surface area contributed by atoms with Crippen LogP contribution < -0.4 is 16.4 Å². The summed E-state index contributed by atoms with van der Waals surface area (Å²) in [4.78, 5) is 39.2. The minimum atomic E-state index is -1.08. The second kappa shape index (κ2) is 16.6. The standard InChI is InChI=1S/C27H42N4O3.C9H5ClO3/c28-27(12-4-5-13-27)26(33)30-24(18-21-6-2-1-3-7-21)25(32)29-19-22-8-14-31(15-9-22)20-23-10-16-34-17-11-23;10-6-1-2-7-5(3-6)4-8(13-7)9(11)12/h1-3,6-7,22-24H,4-5,8-20,28H2,(H,29,32)(H,30,33);1-4H,(H,11,12)/t24-;/m1./s1. The molecule has 3 fully saturated rings. The van der Waals surface area contributed by atoms with E-state index in [9.17, 15) is 14.4 Å². The number of rotatable bonds is 10. The number of ether oxygens (including phenoxy) is 1. The second-order valence-corrected chi connectivity index (χ2v) is 13.7. The number of carbonyl (C=O) groups excluding carboxylic acids is 2. The normalized spacial score (nSPS) is 19.4. The van der Waals surface area contributed by atoms with Gasteiger partial charge in [-0.3, -0.25) is 9.59 Å². The van der Waals surface area contributed by atoms with E-state index in [-0.39, 0.29) is 17.6 Å². The smallest absolute Gasteiger partial charge is 0.371 e. The summed E-state index contributed by atoms with van der Waals surface area (Å²) in [6.07, 6.45) is 8.33. The van der Waals surface area contributed by atoms with Crippen molar-refractivity contribution in [3.63, 3.8) is 0 Å². The molecule has 1 aliphatic carbocycles. The van der Waals surface area contributed by atoms with E-state index < -0.39 is 17.6 Å². The van der Waals surface area contributed by atoms with Crippen molar-refractivity contribution < 1.29 is 28.6 Å². The third-order valence-corrected chi connectivity index (χ3v) is 9.91. The summed E-state index contributed by atoms with van der Waals surface area (Å²) in [5, 5.41) is 16.0. The van der Waals surface area contributed by atoms with E-state index in [4.69, 9.17) is 31.6 Å². The molecule has 254 valence electrons. The lowest BCUT2D eigenvalue weighted by Crippen LogP contribution is -2.58. The maximum absolute atomic E-state index is 13.2. The number of halogens is 1. The first-order valence-electron chi connectivity index (χ1n) is 16.8. The number of nitrogens with two attached hydrogens (primary N) is 1. The molecule has 11 heteroatoms. The van der Waals surface area contributed by atoms with Gasteiger partial charge in [0.1, 0.15) is 11.6 Å². The van der Waals surface area contributed by atoms with Gasteiger partial charge in [0.15, 0.2) is 0 Å². The third kappa shape index (κ3) is 10.0. The SMILES string of the molecule is NC1(C(=O)N[C@H](Cc2ccccc2)C(=O)NCC2CCN(CC3CCOCC3)CC2)CCCC1.O=C(O)c1cc2cc(Cl)ccc2o1. The molecule has 2 amide bonds. The fourth-order valence-electron chi connectivity index (χ4n) is 6.75. The molecule has 0 radical (unpaired) electrons.